The molecule has 0 bridgehead atoms. The first kappa shape index (κ1) is 26.4. The van der Waals surface area contributed by atoms with Gasteiger partial charge in [-0.05, 0) is 50.2 Å². The minimum absolute atomic E-state index is 0.0225. The second kappa shape index (κ2) is 10.0. The quantitative estimate of drug-likeness (QED) is 0.425. The van der Waals surface area contributed by atoms with Gasteiger partial charge in [0.2, 0.25) is 0 Å². The molecule has 2 aromatic carbocycles. The second-order valence-electron chi connectivity index (χ2n) is 9.16. The van der Waals surface area contributed by atoms with Crippen LogP contribution in [0.3, 0.4) is 0 Å². The Bertz CT molecular complexity index is 1420. The number of halogens is 2. The van der Waals surface area contributed by atoms with Gasteiger partial charge in [0.25, 0.3) is 23.6 Å². The molecule has 4 rings (SSSR count). The van der Waals surface area contributed by atoms with Crippen molar-refractivity contribution >= 4 is 57.9 Å². The van der Waals surface area contributed by atoms with Gasteiger partial charge in [0.1, 0.15) is 5.82 Å². The van der Waals surface area contributed by atoms with Gasteiger partial charge in [0, 0.05) is 37.8 Å². The Balaban J connectivity index is 1.54. The Hall–Kier alpha value is -3.63. The van der Waals surface area contributed by atoms with Crippen molar-refractivity contribution in [3.05, 3.63) is 63.4 Å². The van der Waals surface area contributed by atoms with E-state index < -0.39 is 35.2 Å². The predicted molar refractivity (Wildman–Crippen MR) is 140 cm³/mol. The summed E-state index contributed by atoms with van der Waals surface area (Å²) >= 11 is 12.5. The van der Waals surface area contributed by atoms with Gasteiger partial charge >= 0.3 is 0 Å². The fourth-order valence-electron chi connectivity index (χ4n) is 4.28. The van der Waals surface area contributed by atoms with Gasteiger partial charge in [0.15, 0.2) is 5.54 Å². The number of nitrogens with zero attached hydrogens (tertiary/aromatic N) is 3. The predicted octanol–water partition coefficient (Wildman–Crippen LogP) is 2.78. The third-order valence-electron chi connectivity index (χ3n) is 6.35. The van der Waals surface area contributed by atoms with Crippen LogP contribution in [0.5, 0.6) is 0 Å². The van der Waals surface area contributed by atoms with Crippen molar-refractivity contribution in [2.24, 2.45) is 0 Å². The van der Waals surface area contributed by atoms with E-state index in [4.69, 9.17) is 23.2 Å². The normalized spacial score (nSPS) is 18.3. The molecule has 1 aromatic heterocycles. The number of amides is 4. The molecule has 0 radical (unpaired) electrons. The van der Waals surface area contributed by atoms with Crippen molar-refractivity contribution in [2.75, 3.05) is 27.2 Å². The zero-order valence-corrected chi connectivity index (χ0v) is 22.2. The summed E-state index contributed by atoms with van der Waals surface area (Å²) in [6, 6.07) is 9.08. The Labute approximate surface area is 223 Å². The Morgan fingerprint density at radius 2 is 1.89 bits per heavy atom. The van der Waals surface area contributed by atoms with Gasteiger partial charge in [-0.2, -0.15) is 0 Å². The highest BCUT2D eigenvalue weighted by Gasteiger charge is 2.51. The van der Waals surface area contributed by atoms with Crippen LogP contribution in [-0.4, -0.2) is 76.1 Å². The molecule has 37 heavy (non-hydrogen) atoms. The molecule has 0 spiro atoms. The molecule has 3 N–H and O–H groups in total. The molecule has 12 heteroatoms. The lowest BCUT2D eigenvalue weighted by atomic mass is 9.93. The topological polar surface area (TPSA) is 128 Å². The maximum atomic E-state index is 13.4. The van der Waals surface area contributed by atoms with E-state index in [2.05, 4.69) is 20.6 Å². The number of imidazole rings is 1. The number of carbonyl (C=O) groups excluding carboxylic acids is 4. The van der Waals surface area contributed by atoms with Gasteiger partial charge in [-0.25, -0.2) is 4.98 Å². The van der Waals surface area contributed by atoms with Gasteiger partial charge in [-0.3, -0.25) is 19.2 Å². The van der Waals surface area contributed by atoms with E-state index in [0.29, 0.717) is 10.8 Å². The third-order valence-corrected chi connectivity index (χ3v) is 6.90. The molecule has 2 atom stereocenters. The zero-order valence-electron chi connectivity index (χ0n) is 20.7. The lowest BCUT2D eigenvalue weighted by Crippen LogP contribution is -2.70. The van der Waals surface area contributed by atoms with E-state index in [1.807, 2.05) is 0 Å². The number of hydrogen-bond donors (Lipinski definition) is 3. The third kappa shape index (κ3) is 4.86. The molecule has 4 amide bonds. The maximum absolute atomic E-state index is 13.4. The molecule has 1 fully saturated rings. The number of piperazine rings is 1. The van der Waals surface area contributed by atoms with Crippen molar-refractivity contribution in [3.8, 4) is 0 Å². The molecule has 194 valence electrons. The van der Waals surface area contributed by atoms with Crippen LogP contribution in [0.4, 0.5) is 0 Å². The van der Waals surface area contributed by atoms with E-state index >= 15 is 0 Å². The number of H-pyrrole nitrogens is 1. The average Bonchev–Trinajstić information content (AvgIpc) is 3.28. The lowest BCUT2D eigenvalue weighted by Gasteiger charge is -2.43. The van der Waals surface area contributed by atoms with E-state index in [1.54, 1.807) is 25.1 Å². The fourth-order valence-corrected chi connectivity index (χ4v) is 4.72. The minimum Gasteiger partial charge on any atom is -0.352 e. The van der Waals surface area contributed by atoms with Crippen molar-refractivity contribution in [2.45, 2.75) is 25.4 Å². The van der Waals surface area contributed by atoms with Crippen LogP contribution < -0.4 is 10.6 Å². The van der Waals surface area contributed by atoms with E-state index in [-0.39, 0.29) is 29.2 Å². The molecule has 3 aromatic rings. The number of carbonyl (C=O) groups is 4. The Morgan fingerprint density at radius 3 is 2.57 bits per heavy atom. The Kier molecular flexibility index (Phi) is 7.16. The summed E-state index contributed by atoms with van der Waals surface area (Å²) in [5.41, 5.74) is 0.0481. The van der Waals surface area contributed by atoms with Crippen LogP contribution in [0.15, 0.2) is 36.4 Å². The minimum atomic E-state index is -1.73. The molecule has 1 aliphatic heterocycles. The molecule has 1 saturated heterocycles. The first-order valence-electron chi connectivity index (χ1n) is 11.5. The molecule has 2 unspecified atom stereocenters. The summed E-state index contributed by atoms with van der Waals surface area (Å²) in [5, 5.41) is 6.09. The molecule has 0 saturated carbocycles. The summed E-state index contributed by atoms with van der Waals surface area (Å²) in [5.74, 6) is -1.56. The van der Waals surface area contributed by atoms with Crippen LogP contribution >= 0.6 is 23.2 Å². The van der Waals surface area contributed by atoms with Crippen molar-refractivity contribution < 1.29 is 19.2 Å². The molecular weight excluding hydrogens is 519 g/mol. The molecule has 2 heterocycles. The molecule has 0 aliphatic carbocycles. The lowest BCUT2D eigenvalue weighted by molar-refractivity contribution is -0.151. The highest BCUT2D eigenvalue weighted by Crippen LogP contribution is 2.27. The second-order valence-corrected chi connectivity index (χ2v) is 10.0. The fraction of sp³-hybridized carbons (Fsp3) is 0.320. The smallest absolute Gasteiger partial charge is 0.257 e. The van der Waals surface area contributed by atoms with Crippen molar-refractivity contribution in [1.82, 2.24) is 30.4 Å². The highest BCUT2D eigenvalue weighted by molar-refractivity contribution is 6.34. The largest absolute Gasteiger partial charge is 0.352 e. The highest BCUT2D eigenvalue weighted by atomic mass is 35.5. The summed E-state index contributed by atoms with van der Waals surface area (Å²) in [7, 11) is 3.03. The summed E-state index contributed by atoms with van der Waals surface area (Å²) in [4.78, 5) is 62.0. The van der Waals surface area contributed by atoms with Gasteiger partial charge in [-0.15, -0.1) is 0 Å². The first-order valence-corrected chi connectivity index (χ1v) is 12.3. The zero-order chi connectivity index (χ0) is 27.1. The SMILES string of the molecule is CC(NC(=O)c1ccc(C(=O)N2CCNC(=O)C2(C)C(=O)N(C)C)c(Cl)c1)c1nc2ccc(Cl)cc2[nH]1. The van der Waals surface area contributed by atoms with Crippen LogP contribution in [-0.2, 0) is 9.59 Å². The van der Waals surface area contributed by atoms with Gasteiger partial charge in [0.05, 0.1) is 27.7 Å². The van der Waals surface area contributed by atoms with Gasteiger partial charge < -0.3 is 25.4 Å². The number of aromatic nitrogens is 2. The number of likely N-dealkylation sites (N-methyl/N-ethyl adjacent to an activating group) is 1. The van der Waals surface area contributed by atoms with E-state index in [9.17, 15) is 19.2 Å². The van der Waals surface area contributed by atoms with Crippen LogP contribution in [0.25, 0.3) is 11.0 Å². The van der Waals surface area contributed by atoms with E-state index in [1.165, 1.54) is 49.0 Å². The average molecular weight is 545 g/mol. The summed E-state index contributed by atoms with van der Waals surface area (Å²) in [6.45, 7) is 3.51. The summed E-state index contributed by atoms with van der Waals surface area (Å²) in [6.07, 6.45) is 0. The number of benzene rings is 2. The maximum Gasteiger partial charge on any atom is 0.257 e. The molecule has 1 aliphatic rings. The molecular formula is C25H26Cl2N6O4. The number of aromatic amines is 1. The van der Waals surface area contributed by atoms with Crippen LogP contribution in [0.1, 0.15) is 46.4 Å². The van der Waals surface area contributed by atoms with Crippen molar-refractivity contribution in [1.29, 1.82) is 0 Å². The molecule has 10 nitrogen and oxygen atoms in total. The number of nitrogens with one attached hydrogen (secondary N) is 3. The van der Waals surface area contributed by atoms with Crippen LogP contribution in [0.2, 0.25) is 10.0 Å². The number of rotatable bonds is 5. The standard InChI is InChI=1S/C25H26Cl2N6O4/c1-13(20-30-18-8-6-15(26)12-19(18)31-20)29-21(34)14-5-7-16(17(27)11-14)22(35)33-10-9-28-23(36)25(33,2)24(37)32(3)4/h5-8,11-13H,9-10H2,1-4H3,(H,28,36)(H,29,34)(H,30,31). The Morgan fingerprint density at radius 1 is 1.16 bits per heavy atom. The van der Waals surface area contributed by atoms with E-state index in [0.717, 1.165) is 11.0 Å². The van der Waals surface area contributed by atoms with Gasteiger partial charge in [-0.1, -0.05) is 23.2 Å². The number of fused-ring (bicyclic) bond motifs is 1. The number of hydrogen-bond acceptors (Lipinski definition) is 5. The van der Waals surface area contributed by atoms with Crippen LogP contribution in [0, 0.1) is 0 Å². The summed E-state index contributed by atoms with van der Waals surface area (Å²) < 4.78 is 0. The van der Waals surface area contributed by atoms with Crippen molar-refractivity contribution in [3.63, 3.8) is 0 Å². The monoisotopic (exact) mass is 544 g/mol. The first-order chi connectivity index (χ1) is 17.4.